The monoisotopic (exact) mass is 276 g/mol. The van der Waals surface area contributed by atoms with Gasteiger partial charge in [-0.3, -0.25) is 0 Å². The Bertz CT molecular complexity index is 538. The molecule has 1 aromatic heterocycles. The first-order valence-electron chi connectivity index (χ1n) is 6.44. The Labute approximate surface area is 118 Å². The van der Waals surface area contributed by atoms with Gasteiger partial charge >= 0.3 is 0 Å². The van der Waals surface area contributed by atoms with Crippen molar-refractivity contribution in [1.82, 2.24) is 14.8 Å². The van der Waals surface area contributed by atoms with Crippen molar-refractivity contribution in [2.24, 2.45) is 12.8 Å². The lowest BCUT2D eigenvalue weighted by Gasteiger charge is -2.22. The van der Waals surface area contributed by atoms with Crippen LogP contribution in [0.1, 0.15) is 29.7 Å². The van der Waals surface area contributed by atoms with Crippen molar-refractivity contribution in [3.8, 4) is 0 Å². The molecule has 0 aliphatic heterocycles. The lowest BCUT2D eigenvalue weighted by molar-refractivity contribution is 0.625. The third-order valence-corrected chi connectivity index (χ3v) is 4.59. The Hall–Kier alpha value is -1.33. The summed E-state index contributed by atoms with van der Waals surface area (Å²) in [5.74, 6) is 0. The van der Waals surface area contributed by atoms with Gasteiger partial charge in [0.05, 0.1) is 5.25 Å². The zero-order chi connectivity index (χ0) is 13.8. The second-order valence-corrected chi connectivity index (χ2v) is 5.80. The number of nitrogens with zero attached hydrogens (tertiary/aromatic N) is 3. The second kappa shape index (κ2) is 6.21. The number of rotatable bonds is 5. The smallest absolute Gasteiger partial charge is 0.186 e. The lowest BCUT2D eigenvalue weighted by atomic mass is 10.0. The molecule has 2 rings (SSSR count). The van der Waals surface area contributed by atoms with E-state index in [0.717, 1.165) is 11.6 Å². The Kier molecular flexibility index (Phi) is 4.61. The lowest BCUT2D eigenvalue weighted by Crippen LogP contribution is -2.26. The molecule has 19 heavy (non-hydrogen) atoms. The Morgan fingerprint density at radius 2 is 2.21 bits per heavy atom. The van der Waals surface area contributed by atoms with Crippen LogP contribution in [-0.4, -0.2) is 20.8 Å². The van der Waals surface area contributed by atoms with Crippen LogP contribution in [-0.2, 0) is 7.05 Å². The van der Waals surface area contributed by atoms with Gasteiger partial charge in [0.25, 0.3) is 0 Å². The van der Waals surface area contributed by atoms with E-state index in [4.69, 9.17) is 5.73 Å². The van der Waals surface area contributed by atoms with E-state index in [2.05, 4.69) is 48.2 Å². The molecule has 0 aliphatic rings. The zero-order valence-electron chi connectivity index (χ0n) is 11.6. The Morgan fingerprint density at radius 1 is 1.42 bits per heavy atom. The molecule has 0 amide bonds. The minimum Gasteiger partial charge on any atom is -0.326 e. The number of hydrogen-bond donors (Lipinski definition) is 1. The minimum atomic E-state index is 0.100. The van der Waals surface area contributed by atoms with E-state index < -0.39 is 0 Å². The van der Waals surface area contributed by atoms with Gasteiger partial charge in [-0.15, -0.1) is 0 Å². The first-order valence-corrected chi connectivity index (χ1v) is 7.32. The highest BCUT2D eigenvalue weighted by atomic mass is 32.2. The zero-order valence-corrected chi connectivity index (χ0v) is 12.4. The highest BCUT2D eigenvalue weighted by Gasteiger charge is 2.22. The van der Waals surface area contributed by atoms with E-state index in [9.17, 15) is 0 Å². The van der Waals surface area contributed by atoms with Crippen LogP contribution in [0, 0.1) is 6.92 Å². The summed E-state index contributed by atoms with van der Waals surface area (Å²) in [6.45, 7) is 4.22. The number of thioether (sulfide) groups is 1. The van der Waals surface area contributed by atoms with Crippen molar-refractivity contribution in [3.63, 3.8) is 0 Å². The van der Waals surface area contributed by atoms with Crippen molar-refractivity contribution in [3.05, 3.63) is 41.7 Å². The summed E-state index contributed by atoms with van der Waals surface area (Å²) in [4.78, 5) is 4.28. The Morgan fingerprint density at radius 3 is 2.79 bits per heavy atom. The highest BCUT2D eigenvalue weighted by Crippen LogP contribution is 2.37. The van der Waals surface area contributed by atoms with Crippen LogP contribution in [0.2, 0.25) is 0 Å². The molecular weight excluding hydrogens is 256 g/mol. The van der Waals surface area contributed by atoms with Crippen LogP contribution in [0.3, 0.4) is 0 Å². The predicted octanol–water partition coefficient (Wildman–Crippen LogP) is 2.69. The molecule has 0 saturated heterocycles. The van der Waals surface area contributed by atoms with Gasteiger partial charge in [0, 0.05) is 13.1 Å². The Balaban J connectivity index is 2.29. The number of nitrogens with two attached hydrogens (primary N) is 1. The van der Waals surface area contributed by atoms with Crippen molar-refractivity contribution in [2.75, 3.05) is 0 Å². The molecule has 0 fully saturated rings. The van der Waals surface area contributed by atoms with E-state index in [0.29, 0.717) is 0 Å². The van der Waals surface area contributed by atoms with Gasteiger partial charge in [0.15, 0.2) is 5.16 Å². The summed E-state index contributed by atoms with van der Waals surface area (Å²) in [5, 5.41) is 5.21. The molecule has 1 aromatic carbocycles. The molecule has 0 saturated carbocycles. The number of benzene rings is 1. The molecule has 2 aromatic rings. The third-order valence-electron chi connectivity index (χ3n) is 3.13. The molecule has 102 valence electrons. The molecule has 1 heterocycles. The van der Waals surface area contributed by atoms with E-state index in [-0.39, 0.29) is 11.3 Å². The fourth-order valence-corrected chi connectivity index (χ4v) is 3.15. The van der Waals surface area contributed by atoms with Gasteiger partial charge in [-0.2, -0.15) is 5.10 Å². The third kappa shape index (κ3) is 3.36. The SMILES string of the molecule is CCC(N)C(Sc1ncnn1C)c1cccc(C)c1. The first-order chi connectivity index (χ1) is 9.11. The van der Waals surface area contributed by atoms with Crippen LogP contribution in [0.4, 0.5) is 0 Å². The highest BCUT2D eigenvalue weighted by molar-refractivity contribution is 7.99. The topological polar surface area (TPSA) is 56.7 Å². The molecular formula is C14H20N4S. The molecule has 2 N–H and O–H groups in total. The van der Waals surface area contributed by atoms with Gasteiger partial charge in [-0.05, 0) is 18.9 Å². The van der Waals surface area contributed by atoms with Gasteiger partial charge in [-0.1, -0.05) is 48.5 Å². The van der Waals surface area contributed by atoms with Crippen molar-refractivity contribution in [2.45, 2.75) is 36.7 Å². The van der Waals surface area contributed by atoms with E-state index >= 15 is 0 Å². The minimum absolute atomic E-state index is 0.100. The van der Waals surface area contributed by atoms with Crippen LogP contribution in [0.25, 0.3) is 0 Å². The summed E-state index contributed by atoms with van der Waals surface area (Å²) >= 11 is 1.68. The van der Waals surface area contributed by atoms with Gasteiger partial charge in [0.1, 0.15) is 6.33 Å². The predicted molar refractivity (Wildman–Crippen MR) is 79.0 cm³/mol. The van der Waals surface area contributed by atoms with Gasteiger partial charge < -0.3 is 5.73 Å². The maximum Gasteiger partial charge on any atom is 0.186 e. The van der Waals surface area contributed by atoms with Crippen LogP contribution in [0.5, 0.6) is 0 Å². The van der Waals surface area contributed by atoms with Crippen molar-refractivity contribution >= 4 is 11.8 Å². The summed E-state index contributed by atoms with van der Waals surface area (Å²) in [5.41, 5.74) is 8.79. The maximum absolute atomic E-state index is 6.29. The number of aryl methyl sites for hydroxylation is 2. The molecule has 0 spiro atoms. The normalized spacial score (nSPS) is 14.3. The summed E-state index contributed by atoms with van der Waals surface area (Å²) in [6.07, 6.45) is 2.51. The standard InChI is InChI=1S/C14H20N4S/c1-4-12(15)13(11-7-5-6-10(2)8-11)19-14-16-9-17-18(14)3/h5-9,12-13H,4,15H2,1-3H3. The number of aromatic nitrogens is 3. The molecule has 0 aliphatic carbocycles. The summed E-state index contributed by atoms with van der Waals surface area (Å²) in [7, 11) is 1.90. The fourth-order valence-electron chi connectivity index (χ4n) is 1.97. The van der Waals surface area contributed by atoms with Crippen molar-refractivity contribution in [1.29, 1.82) is 0 Å². The van der Waals surface area contributed by atoms with E-state index in [1.54, 1.807) is 22.8 Å². The first kappa shape index (κ1) is 14.1. The maximum atomic E-state index is 6.29. The summed E-state index contributed by atoms with van der Waals surface area (Å²) in [6, 6.07) is 8.62. The van der Waals surface area contributed by atoms with Crippen LogP contribution < -0.4 is 5.73 Å². The summed E-state index contributed by atoms with van der Waals surface area (Å²) < 4.78 is 1.79. The van der Waals surface area contributed by atoms with Gasteiger partial charge in [0.2, 0.25) is 0 Å². The van der Waals surface area contributed by atoms with Crippen LogP contribution in [0.15, 0.2) is 35.7 Å². The average molecular weight is 276 g/mol. The average Bonchev–Trinajstić information content (AvgIpc) is 2.80. The quantitative estimate of drug-likeness (QED) is 0.853. The fraction of sp³-hybridized carbons (Fsp3) is 0.429. The molecule has 5 heteroatoms. The van der Waals surface area contributed by atoms with E-state index in [1.807, 2.05) is 7.05 Å². The van der Waals surface area contributed by atoms with Crippen LogP contribution >= 0.6 is 11.8 Å². The number of hydrogen-bond acceptors (Lipinski definition) is 4. The largest absolute Gasteiger partial charge is 0.326 e. The molecule has 4 nitrogen and oxygen atoms in total. The molecule has 2 unspecified atom stereocenters. The second-order valence-electron chi connectivity index (χ2n) is 4.69. The van der Waals surface area contributed by atoms with Gasteiger partial charge in [-0.25, -0.2) is 9.67 Å². The molecule has 0 radical (unpaired) electrons. The molecule has 0 bridgehead atoms. The van der Waals surface area contributed by atoms with Crippen molar-refractivity contribution < 1.29 is 0 Å². The molecule has 2 atom stereocenters. The van der Waals surface area contributed by atoms with E-state index in [1.165, 1.54) is 11.1 Å².